The van der Waals surface area contributed by atoms with Crippen LogP contribution in [0.2, 0.25) is 0 Å². The summed E-state index contributed by atoms with van der Waals surface area (Å²) in [5, 5.41) is 17.1. The minimum absolute atomic E-state index is 0.0402. The highest BCUT2D eigenvalue weighted by Crippen LogP contribution is 2.79. The molecule has 2 N–H and O–H groups in total. The van der Waals surface area contributed by atoms with E-state index in [0.29, 0.717) is 46.6 Å². The number of hydrogen-bond donors (Lipinski definition) is 2. The summed E-state index contributed by atoms with van der Waals surface area (Å²) in [6.45, 7) is 3.23. The molecule has 1 amide bonds. The van der Waals surface area contributed by atoms with Gasteiger partial charge in [-0.25, -0.2) is 5.10 Å². The van der Waals surface area contributed by atoms with Crippen molar-refractivity contribution in [1.29, 1.82) is 0 Å². The third-order valence-electron chi connectivity index (χ3n) is 11.4. The molecule has 2 saturated heterocycles. The molecule has 3 heterocycles. The Bertz CT molecular complexity index is 1200. The van der Waals surface area contributed by atoms with E-state index in [1.165, 1.54) is 51.1 Å². The topological polar surface area (TPSA) is 89.5 Å². The van der Waals surface area contributed by atoms with Crippen molar-refractivity contribution in [2.24, 2.45) is 40.4 Å². The summed E-state index contributed by atoms with van der Waals surface area (Å²) in [6, 6.07) is 3.83. The predicted octanol–water partition coefficient (Wildman–Crippen LogP) is 3.13. The Balaban J connectivity index is 1.21. The number of nitrogens with zero attached hydrogens (tertiary/aromatic N) is 3. The summed E-state index contributed by atoms with van der Waals surface area (Å²) in [6.07, 6.45) is 15.1. The Hall–Kier alpha value is -2.41. The fourth-order valence-corrected chi connectivity index (χ4v) is 10.4. The molecule has 0 aromatic carbocycles. The van der Waals surface area contributed by atoms with Crippen LogP contribution in [0.1, 0.15) is 55.4 Å². The van der Waals surface area contributed by atoms with Crippen molar-refractivity contribution in [1.82, 2.24) is 20.0 Å². The first-order chi connectivity index (χ1) is 17.0. The van der Waals surface area contributed by atoms with Crippen LogP contribution in [0.3, 0.4) is 0 Å². The van der Waals surface area contributed by atoms with E-state index in [4.69, 9.17) is 0 Å². The summed E-state index contributed by atoms with van der Waals surface area (Å²) in [5.41, 5.74) is 0.520. The lowest BCUT2D eigenvalue weighted by Gasteiger charge is -2.70. The zero-order valence-corrected chi connectivity index (χ0v) is 20.1. The zero-order chi connectivity index (χ0) is 23.5. The average Bonchev–Trinajstić information content (AvgIpc) is 3.54. The van der Waals surface area contributed by atoms with E-state index < -0.39 is 0 Å². The SMILES string of the molecule is O=C(c1ccc(=O)[nH]n1)N1C[C@H]2CC34CCC1C2C31CCN(CC2CC2)C4CC2C=CC(O)=CC21. The first-order valence-electron chi connectivity index (χ1n) is 13.7. The van der Waals surface area contributed by atoms with Gasteiger partial charge in [-0.2, -0.15) is 5.10 Å². The highest BCUT2D eigenvalue weighted by molar-refractivity contribution is 5.92. The lowest BCUT2D eigenvalue weighted by molar-refractivity contribution is -0.197. The Morgan fingerprint density at radius 2 is 2.11 bits per heavy atom. The van der Waals surface area contributed by atoms with Gasteiger partial charge in [0.25, 0.3) is 11.5 Å². The summed E-state index contributed by atoms with van der Waals surface area (Å²) in [5.74, 6) is 3.13. The number of aliphatic hydroxyl groups is 1. The number of hydrogen-bond acceptors (Lipinski definition) is 5. The van der Waals surface area contributed by atoms with Crippen molar-refractivity contribution < 1.29 is 9.90 Å². The molecule has 8 atom stereocenters. The maximum Gasteiger partial charge on any atom is 0.274 e. The van der Waals surface area contributed by atoms with Gasteiger partial charge in [0.15, 0.2) is 0 Å². The number of amides is 1. The lowest BCUT2D eigenvalue weighted by atomic mass is 9.39. The van der Waals surface area contributed by atoms with Gasteiger partial charge in [-0.05, 0) is 110 Å². The standard InChI is InChI=1S/C28H34N4O3/c33-19-4-3-17-11-23-27-8-7-22-25(28(27,20(17)12-19)9-10-31(23)14-16-1-2-16)18(13-27)15-32(22)26(35)21-5-6-24(34)30-29-21/h3-6,12,16-18,20,22-23,25,33H,1-2,7-11,13-15H2,(H,30,34)/t17?,18-,20?,22?,23?,25?,27?,28?/m1/s1. The van der Waals surface area contributed by atoms with Crippen LogP contribution in [-0.4, -0.2) is 62.7 Å². The molecule has 1 aromatic rings. The van der Waals surface area contributed by atoms with Crippen LogP contribution in [0.4, 0.5) is 0 Å². The molecule has 0 radical (unpaired) electrons. The fraction of sp³-hybridized carbons (Fsp3) is 0.679. The summed E-state index contributed by atoms with van der Waals surface area (Å²) in [7, 11) is 0. The minimum Gasteiger partial charge on any atom is -0.508 e. The first-order valence-corrected chi connectivity index (χ1v) is 13.7. The van der Waals surface area contributed by atoms with Crippen molar-refractivity contribution in [3.8, 4) is 0 Å². The molecule has 184 valence electrons. The molecule has 5 aliphatic carbocycles. The monoisotopic (exact) mass is 474 g/mol. The number of nitrogens with one attached hydrogen (secondary N) is 1. The van der Waals surface area contributed by atoms with Crippen LogP contribution in [0.25, 0.3) is 0 Å². The van der Waals surface area contributed by atoms with E-state index in [9.17, 15) is 14.7 Å². The molecule has 4 saturated carbocycles. The van der Waals surface area contributed by atoms with E-state index >= 15 is 0 Å². The zero-order valence-electron chi connectivity index (χ0n) is 20.1. The number of allylic oxidation sites excluding steroid dienone is 3. The third kappa shape index (κ3) is 2.58. The van der Waals surface area contributed by atoms with Gasteiger partial charge in [0.1, 0.15) is 11.5 Å². The highest BCUT2D eigenvalue weighted by Gasteiger charge is 2.78. The summed E-state index contributed by atoms with van der Waals surface area (Å²) >= 11 is 0. The first kappa shape index (κ1) is 20.7. The van der Waals surface area contributed by atoms with E-state index in [0.717, 1.165) is 25.4 Å². The molecular formula is C28H34N4O3. The second-order valence-electron chi connectivity index (χ2n) is 12.6. The lowest BCUT2D eigenvalue weighted by Crippen LogP contribution is -2.71. The molecule has 1 aromatic heterocycles. The van der Waals surface area contributed by atoms with E-state index in [-0.39, 0.29) is 22.9 Å². The molecular weight excluding hydrogens is 440 g/mol. The van der Waals surface area contributed by atoms with E-state index in [1.54, 1.807) is 6.07 Å². The fourth-order valence-electron chi connectivity index (χ4n) is 10.4. The van der Waals surface area contributed by atoms with Gasteiger partial charge in [-0.1, -0.05) is 6.08 Å². The number of H-pyrrole nitrogens is 1. The summed E-state index contributed by atoms with van der Waals surface area (Å²) < 4.78 is 0. The maximum atomic E-state index is 13.6. The average molecular weight is 475 g/mol. The third-order valence-corrected chi connectivity index (χ3v) is 11.4. The minimum atomic E-state index is -0.282. The Labute approximate surface area is 205 Å². The number of carbonyl (C=O) groups is 1. The number of carbonyl (C=O) groups excluding carboxylic acids is 1. The molecule has 2 aliphatic heterocycles. The smallest absolute Gasteiger partial charge is 0.274 e. The highest BCUT2D eigenvalue weighted by atomic mass is 16.3. The quantitative estimate of drug-likeness (QED) is 0.703. The van der Waals surface area contributed by atoms with Gasteiger partial charge in [0.2, 0.25) is 0 Å². The number of fused-ring (bicyclic) bond motifs is 1. The van der Waals surface area contributed by atoms with Crippen molar-refractivity contribution in [2.45, 2.75) is 57.0 Å². The Morgan fingerprint density at radius 3 is 2.91 bits per heavy atom. The summed E-state index contributed by atoms with van der Waals surface area (Å²) in [4.78, 5) is 30.1. The van der Waals surface area contributed by atoms with Gasteiger partial charge in [-0.15, -0.1) is 0 Å². The molecule has 7 aliphatic rings. The largest absolute Gasteiger partial charge is 0.508 e. The number of aromatic nitrogens is 2. The number of piperidine rings is 1. The van der Waals surface area contributed by atoms with Crippen LogP contribution in [0.15, 0.2) is 40.9 Å². The van der Waals surface area contributed by atoms with Crippen molar-refractivity contribution >= 4 is 5.91 Å². The number of rotatable bonds is 3. The Morgan fingerprint density at radius 1 is 1.23 bits per heavy atom. The van der Waals surface area contributed by atoms with Crippen LogP contribution in [-0.2, 0) is 0 Å². The molecule has 7 unspecified atom stereocenters. The second-order valence-corrected chi connectivity index (χ2v) is 12.6. The molecule has 7 heteroatoms. The molecule has 35 heavy (non-hydrogen) atoms. The van der Waals surface area contributed by atoms with E-state index in [1.807, 2.05) is 6.08 Å². The van der Waals surface area contributed by atoms with Gasteiger partial charge in [-0.3, -0.25) is 14.5 Å². The van der Waals surface area contributed by atoms with Crippen molar-refractivity contribution in [3.05, 3.63) is 52.2 Å². The Kier molecular flexibility index (Phi) is 4.07. The normalized spacial score (nSPS) is 45.1. The van der Waals surface area contributed by atoms with Gasteiger partial charge in [0, 0.05) is 31.2 Å². The maximum absolute atomic E-state index is 13.6. The van der Waals surface area contributed by atoms with E-state index in [2.05, 4.69) is 32.1 Å². The van der Waals surface area contributed by atoms with Gasteiger partial charge in [0.05, 0.1) is 0 Å². The van der Waals surface area contributed by atoms with Crippen LogP contribution in [0, 0.1) is 40.4 Å². The van der Waals surface area contributed by atoms with Gasteiger partial charge >= 0.3 is 0 Å². The van der Waals surface area contributed by atoms with Crippen LogP contribution < -0.4 is 5.56 Å². The van der Waals surface area contributed by atoms with Crippen LogP contribution >= 0.6 is 0 Å². The predicted molar refractivity (Wildman–Crippen MR) is 130 cm³/mol. The number of aromatic amines is 1. The molecule has 6 fully saturated rings. The molecule has 4 bridgehead atoms. The van der Waals surface area contributed by atoms with Crippen LogP contribution in [0.5, 0.6) is 0 Å². The molecule has 0 spiro atoms. The van der Waals surface area contributed by atoms with Gasteiger partial charge < -0.3 is 10.0 Å². The molecule has 8 rings (SSSR count). The number of likely N-dealkylation sites (tertiary alicyclic amines) is 2. The number of aliphatic hydroxyl groups excluding tert-OH is 1. The van der Waals surface area contributed by atoms with Crippen molar-refractivity contribution in [3.63, 3.8) is 0 Å². The molecule has 7 nitrogen and oxygen atoms in total. The van der Waals surface area contributed by atoms with Crippen molar-refractivity contribution in [2.75, 3.05) is 19.6 Å². The second kappa shape index (κ2) is 6.87.